The standard InChI is InChI=1S/C21H22ClF2NO4/c1-13(2)28-20-16(22)10-14(11-18(20)27-3)8-9-19(26)25-12-15-6-4-5-7-17(15)29-21(23)24/h4-11,13,21H,12H2,1-3H3,(H,25,26)/b9-8+. The Balaban J connectivity index is 2.05. The van der Waals surface area contributed by atoms with Crippen LogP contribution in [0.3, 0.4) is 0 Å². The highest BCUT2D eigenvalue weighted by Crippen LogP contribution is 2.37. The average molecular weight is 426 g/mol. The normalized spacial score (nSPS) is 11.2. The van der Waals surface area contributed by atoms with Crippen LogP contribution in [0.25, 0.3) is 6.08 Å². The van der Waals surface area contributed by atoms with E-state index in [0.29, 0.717) is 27.6 Å². The lowest BCUT2D eigenvalue weighted by Crippen LogP contribution is -2.21. The molecule has 1 amide bonds. The smallest absolute Gasteiger partial charge is 0.387 e. The van der Waals surface area contributed by atoms with Gasteiger partial charge >= 0.3 is 6.61 Å². The molecule has 2 aromatic rings. The lowest BCUT2D eigenvalue weighted by Gasteiger charge is -2.15. The second kappa shape index (κ2) is 10.7. The number of hydrogen-bond acceptors (Lipinski definition) is 4. The minimum Gasteiger partial charge on any atom is -0.493 e. The Morgan fingerprint density at radius 3 is 2.55 bits per heavy atom. The summed E-state index contributed by atoms with van der Waals surface area (Å²) in [7, 11) is 1.50. The summed E-state index contributed by atoms with van der Waals surface area (Å²) in [6.07, 6.45) is 2.79. The quantitative estimate of drug-likeness (QED) is 0.570. The van der Waals surface area contributed by atoms with Crippen molar-refractivity contribution in [3.63, 3.8) is 0 Å². The Labute approximate surface area is 173 Å². The number of para-hydroxylation sites is 1. The minimum atomic E-state index is -2.94. The molecule has 0 atom stereocenters. The molecule has 2 aromatic carbocycles. The number of benzene rings is 2. The number of ether oxygens (including phenoxy) is 3. The minimum absolute atomic E-state index is 0.0176. The van der Waals surface area contributed by atoms with Gasteiger partial charge in [-0.15, -0.1) is 0 Å². The molecule has 1 N–H and O–H groups in total. The van der Waals surface area contributed by atoms with Crippen LogP contribution in [0.5, 0.6) is 17.2 Å². The van der Waals surface area contributed by atoms with Crippen LogP contribution in [0.4, 0.5) is 8.78 Å². The number of hydrogen-bond donors (Lipinski definition) is 1. The van der Waals surface area contributed by atoms with E-state index < -0.39 is 12.5 Å². The van der Waals surface area contributed by atoms with Crippen LogP contribution in [0.1, 0.15) is 25.0 Å². The average Bonchev–Trinajstić information content (AvgIpc) is 2.66. The number of nitrogens with one attached hydrogen (secondary N) is 1. The van der Waals surface area contributed by atoms with Crippen molar-refractivity contribution < 1.29 is 27.8 Å². The van der Waals surface area contributed by atoms with Crippen LogP contribution in [-0.2, 0) is 11.3 Å². The third kappa shape index (κ3) is 6.94. The largest absolute Gasteiger partial charge is 0.493 e. The summed E-state index contributed by atoms with van der Waals surface area (Å²) in [4.78, 5) is 12.1. The van der Waals surface area contributed by atoms with Crippen molar-refractivity contribution in [1.82, 2.24) is 5.32 Å². The summed E-state index contributed by atoms with van der Waals surface area (Å²) >= 11 is 6.26. The molecular weight excluding hydrogens is 404 g/mol. The summed E-state index contributed by atoms with van der Waals surface area (Å²) in [5, 5.41) is 2.98. The molecule has 0 aromatic heterocycles. The molecule has 8 heteroatoms. The number of rotatable bonds is 9. The van der Waals surface area contributed by atoms with Gasteiger partial charge in [-0.25, -0.2) is 0 Å². The molecule has 0 saturated heterocycles. The van der Waals surface area contributed by atoms with Crippen molar-refractivity contribution in [3.05, 3.63) is 58.6 Å². The lowest BCUT2D eigenvalue weighted by molar-refractivity contribution is -0.116. The highest BCUT2D eigenvalue weighted by atomic mass is 35.5. The molecule has 5 nitrogen and oxygen atoms in total. The second-order valence-electron chi connectivity index (χ2n) is 6.24. The van der Waals surface area contributed by atoms with Crippen LogP contribution in [0.15, 0.2) is 42.5 Å². The summed E-state index contributed by atoms with van der Waals surface area (Å²) < 4.78 is 40.3. The number of alkyl halides is 2. The maximum Gasteiger partial charge on any atom is 0.387 e. The summed E-state index contributed by atoms with van der Waals surface area (Å²) in [6, 6.07) is 9.60. The molecule has 0 aliphatic rings. The molecule has 0 heterocycles. The Hall–Kier alpha value is -2.80. The zero-order valence-electron chi connectivity index (χ0n) is 16.2. The van der Waals surface area contributed by atoms with E-state index >= 15 is 0 Å². The van der Waals surface area contributed by atoms with Gasteiger partial charge < -0.3 is 19.5 Å². The van der Waals surface area contributed by atoms with E-state index in [1.165, 1.54) is 19.3 Å². The van der Waals surface area contributed by atoms with Crippen LogP contribution in [0, 0.1) is 0 Å². The van der Waals surface area contributed by atoms with Gasteiger partial charge in [0.25, 0.3) is 0 Å². The molecule has 0 unspecified atom stereocenters. The van der Waals surface area contributed by atoms with Crippen molar-refractivity contribution in [2.45, 2.75) is 33.1 Å². The molecule has 2 rings (SSSR count). The summed E-state index contributed by atoms with van der Waals surface area (Å²) in [6.45, 7) is 0.850. The maximum absolute atomic E-state index is 12.4. The fourth-order valence-electron chi connectivity index (χ4n) is 2.46. The van der Waals surface area contributed by atoms with Gasteiger partial charge in [-0.2, -0.15) is 8.78 Å². The summed E-state index contributed by atoms with van der Waals surface area (Å²) in [5.74, 6) is 0.490. The van der Waals surface area contributed by atoms with Crippen LogP contribution >= 0.6 is 11.6 Å². The van der Waals surface area contributed by atoms with Gasteiger partial charge in [0, 0.05) is 18.2 Å². The van der Waals surface area contributed by atoms with E-state index in [-0.39, 0.29) is 18.4 Å². The van der Waals surface area contributed by atoms with Crippen LogP contribution in [0.2, 0.25) is 5.02 Å². The van der Waals surface area contributed by atoms with Crippen molar-refractivity contribution in [2.24, 2.45) is 0 Å². The zero-order valence-corrected chi connectivity index (χ0v) is 17.0. The molecule has 0 aliphatic carbocycles. The van der Waals surface area contributed by atoms with Gasteiger partial charge in [0.2, 0.25) is 5.91 Å². The number of carbonyl (C=O) groups excluding carboxylic acids is 1. The Kier molecular flexibility index (Phi) is 8.27. The van der Waals surface area contributed by atoms with E-state index in [0.717, 1.165) is 0 Å². The molecule has 156 valence electrons. The highest BCUT2D eigenvalue weighted by Gasteiger charge is 2.13. The van der Waals surface area contributed by atoms with Crippen molar-refractivity contribution in [2.75, 3.05) is 7.11 Å². The molecule has 0 radical (unpaired) electrons. The van der Waals surface area contributed by atoms with E-state index in [2.05, 4.69) is 10.1 Å². The predicted octanol–water partition coefficient (Wildman–Crippen LogP) is 5.07. The first-order valence-corrected chi connectivity index (χ1v) is 9.20. The molecule has 0 spiro atoms. The first-order valence-electron chi connectivity index (χ1n) is 8.83. The highest BCUT2D eigenvalue weighted by molar-refractivity contribution is 6.32. The molecule has 0 fully saturated rings. The predicted molar refractivity (Wildman–Crippen MR) is 108 cm³/mol. The van der Waals surface area contributed by atoms with E-state index in [9.17, 15) is 13.6 Å². The van der Waals surface area contributed by atoms with Gasteiger partial charge in [-0.3, -0.25) is 4.79 Å². The van der Waals surface area contributed by atoms with Gasteiger partial charge in [-0.05, 0) is 43.7 Å². The van der Waals surface area contributed by atoms with Crippen molar-refractivity contribution in [1.29, 1.82) is 0 Å². The van der Waals surface area contributed by atoms with Gasteiger partial charge in [0.05, 0.1) is 18.2 Å². The first-order chi connectivity index (χ1) is 13.8. The van der Waals surface area contributed by atoms with Gasteiger partial charge in [-0.1, -0.05) is 29.8 Å². The fraction of sp³-hybridized carbons (Fsp3) is 0.286. The number of halogens is 3. The molecular formula is C21H22ClF2NO4. The molecule has 0 saturated carbocycles. The molecule has 0 bridgehead atoms. The zero-order chi connectivity index (χ0) is 21.4. The SMILES string of the molecule is COc1cc(/C=C/C(=O)NCc2ccccc2OC(F)F)cc(Cl)c1OC(C)C. The third-order valence-electron chi connectivity index (χ3n) is 3.67. The number of amides is 1. The van der Waals surface area contributed by atoms with E-state index in [1.807, 2.05) is 13.8 Å². The number of carbonyl (C=O) groups is 1. The first kappa shape index (κ1) is 22.5. The Morgan fingerprint density at radius 2 is 1.90 bits per heavy atom. The van der Waals surface area contributed by atoms with E-state index in [4.69, 9.17) is 21.1 Å². The van der Waals surface area contributed by atoms with Crippen molar-refractivity contribution in [3.8, 4) is 17.2 Å². The topological polar surface area (TPSA) is 56.8 Å². The maximum atomic E-state index is 12.4. The van der Waals surface area contributed by atoms with Crippen molar-refractivity contribution >= 4 is 23.6 Å². The van der Waals surface area contributed by atoms with E-state index in [1.54, 1.807) is 36.4 Å². The Morgan fingerprint density at radius 1 is 1.17 bits per heavy atom. The lowest BCUT2D eigenvalue weighted by atomic mass is 10.1. The van der Waals surface area contributed by atoms with Crippen LogP contribution < -0.4 is 19.5 Å². The van der Waals surface area contributed by atoms with Gasteiger partial charge in [0.1, 0.15) is 5.75 Å². The monoisotopic (exact) mass is 425 g/mol. The van der Waals surface area contributed by atoms with Gasteiger partial charge in [0.15, 0.2) is 11.5 Å². The summed E-state index contributed by atoms with van der Waals surface area (Å²) in [5.41, 5.74) is 1.08. The number of methoxy groups -OCH3 is 1. The molecule has 0 aliphatic heterocycles. The Bertz CT molecular complexity index is 872. The third-order valence-corrected chi connectivity index (χ3v) is 3.95. The fourth-order valence-corrected chi connectivity index (χ4v) is 2.72. The molecule has 29 heavy (non-hydrogen) atoms. The van der Waals surface area contributed by atoms with Crippen LogP contribution in [-0.4, -0.2) is 25.7 Å². The second-order valence-corrected chi connectivity index (χ2v) is 6.65.